The summed E-state index contributed by atoms with van der Waals surface area (Å²) in [5.41, 5.74) is 0. The van der Waals surface area contributed by atoms with Crippen molar-refractivity contribution in [2.24, 2.45) is 0 Å². The quantitative estimate of drug-likeness (QED) is 0.913. The molecule has 20 heavy (non-hydrogen) atoms. The first kappa shape index (κ1) is 14.2. The SMILES string of the molecule is CCNc1nc(Oc2cnn(C(C)C)c2)c(F)cc1F. The topological polar surface area (TPSA) is 52.0 Å². The number of hydrogen-bond acceptors (Lipinski definition) is 4. The second-order valence-electron chi connectivity index (χ2n) is 4.49. The van der Waals surface area contributed by atoms with E-state index in [1.54, 1.807) is 17.8 Å². The van der Waals surface area contributed by atoms with Crippen molar-refractivity contribution >= 4 is 5.82 Å². The molecule has 2 aromatic heterocycles. The van der Waals surface area contributed by atoms with Gasteiger partial charge in [-0.15, -0.1) is 0 Å². The smallest absolute Gasteiger partial charge is 0.258 e. The Kier molecular flexibility index (Phi) is 4.16. The summed E-state index contributed by atoms with van der Waals surface area (Å²) in [5.74, 6) is -1.60. The third-order valence-corrected chi connectivity index (χ3v) is 2.56. The Morgan fingerprint density at radius 2 is 2.10 bits per heavy atom. The fourth-order valence-corrected chi connectivity index (χ4v) is 1.58. The highest BCUT2D eigenvalue weighted by Crippen LogP contribution is 2.26. The van der Waals surface area contributed by atoms with E-state index in [0.29, 0.717) is 12.3 Å². The minimum absolute atomic E-state index is 0.0415. The van der Waals surface area contributed by atoms with Gasteiger partial charge in [0.25, 0.3) is 5.88 Å². The molecule has 0 aliphatic heterocycles. The van der Waals surface area contributed by atoms with E-state index in [0.717, 1.165) is 6.07 Å². The van der Waals surface area contributed by atoms with Crippen LogP contribution in [0.15, 0.2) is 18.5 Å². The van der Waals surface area contributed by atoms with Crippen molar-refractivity contribution < 1.29 is 13.5 Å². The van der Waals surface area contributed by atoms with E-state index < -0.39 is 11.6 Å². The van der Waals surface area contributed by atoms with Gasteiger partial charge in [0.05, 0.1) is 12.4 Å². The Morgan fingerprint density at radius 1 is 1.35 bits per heavy atom. The van der Waals surface area contributed by atoms with Crippen LogP contribution in [0.1, 0.15) is 26.8 Å². The molecule has 7 heteroatoms. The van der Waals surface area contributed by atoms with Crippen LogP contribution >= 0.6 is 0 Å². The number of pyridine rings is 1. The van der Waals surface area contributed by atoms with Crippen LogP contribution in [0.5, 0.6) is 11.6 Å². The van der Waals surface area contributed by atoms with Gasteiger partial charge >= 0.3 is 0 Å². The predicted molar refractivity (Wildman–Crippen MR) is 71.0 cm³/mol. The number of hydrogen-bond donors (Lipinski definition) is 1. The molecule has 1 N–H and O–H groups in total. The zero-order valence-corrected chi connectivity index (χ0v) is 11.5. The Morgan fingerprint density at radius 3 is 2.70 bits per heavy atom. The molecular formula is C13H16F2N4O. The minimum Gasteiger partial charge on any atom is -0.433 e. The van der Waals surface area contributed by atoms with Crippen molar-refractivity contribution in [2.75, 3.05) is 11.9 Å². The molecule has 2 aromatic rings. The molecule has 0 aliphatic rings. The summed E-state index contributed by atoms with van der Waals surface area (Å²) in [4.78, 5) is 3.79. The van der Waals surface area contributed by atoms with Crippen molar-refractivity contribution in [3.8, 4) is 11.6 Å². The second-order valence-corrected chi connectivity index (χ2v) is 4.49. The van der Waals surface area contributed by atoms with Gasteiger partial charge in [-0.1, -0.05) is 0 Å². The van der Waals surface area contributed by atoms with Crippen molar-refractivity contribution in [1.29, 1.82) is 0 Å². The molecule has 0 aliphatic carbocycles. The monoisotopic (exact) mass is 282 g/mol. The summed E-state index contributed by atoms with van der Waals surface area (Å²) in [6, 6.07) is 0.906. The van der Waals surface area contributed by atoms with Gasteiger partial charge in [0.15, 0.2) is 23.2 Å². The maximum Gasteiger partial charge on any atom is 0.258 e. The lowest BCUT2D eigenvalue weighted by Gasteiger charge is -2.08. The van der Waals surface area contributed by atoms with Gasteiger partial charge in [0.2, 0.25) is 0 Å². The Balaban J connectivity index is 2.25. The molecule has 0 saturated heterocycles. The zero-order valence-electron chi connectivity index (χ0n) is 11.5. The lowest BCUT2D eigenvalue weighted by Crippen LogP contribution is -2.04. The maximum absolute atomic E-state index is 13.6. The molecule has 108 valence electrons. The van der Waals surface area contributed by atoms with Crippen LogP contribution in [0.4, 0.5) is 14.6 Å². The van der Waals surface area contributed by atoms with Crippen molar-refractivity contribution in [3.63, 3.8) is 0 Å². The molecule has 0 radical (unpaired) electrons. The Labute approximate surface area is 115 Å². The molecule has 0 bridgehead atoms. The summed E-state index contributed by atoms with van der Waals surface area (Å²) in [7, 11) is 0. The molecule has 0 fully saturated rings. The second kappa shape index (κ2) is 5.85. The number of halogens is 2. The van der Waals surface area contributed by atoms with Crippen molar-refractivity contribution in [1.82, 2.24) is 14.8 Å². The Bertz CT molecular complexity index is 598. The average molecular weight is 282 g/mol. The molecular weight excluding hydrogens is 266 g/mol. The molecule has 2 rings (SSSR count). The highest BCUT2D eigenvalue weighted by atomic mass is 19.1. The summed E-state index contributed by atoms with van der Waals surface area (Å²) in [5, 5.41) is 6.77. The third-order valence-electron chi connectivity index (χ3n) is 2.56. The van der Waals surface area contributed by atoms with Gasteiger partial charge in [-0.2, -0.15) is 10.1 Å². The van der Waals surface area contributed by atoms with Crippen LogP contribution in [-0.2, 0) is 0 Å². The van der Waals surface area contributed by atoms with E-state index in [9.17, 15) is 8.78 Å². The van der Waals surface area contributed by atoms with Crippen LogP contribution in [0, 0.1) is 11.6 Å². The molecule has 0 spiro atoms. The summed E-state index contributed by atoms with van der Waals surface area (Å²) < 4.78 is 34.0. The molecule has 0 amide bonds. The van der Waals surface area contributed by atoms with Crippen LogP contribution in [0.2, 0.25) is 0 Å². The van der Waals surface area contributed by atoms with Crippen LogP contribution in [0.3, 0.4) is 0 Å². The van der Waals surface area contributed by atoms with Crippen molar-refractivity contribution in [3.05, 3.63) is 30.1 Å². The van der Waals surface area contributed by atoms with Gasteiger partial charge in [-0.25, -0.2) is 8.78 Å². The standard InChI is InChI=1S/C13H16F2N4O/c1-4-16-12-10(14)5-11(15)13(18-12)20-9-6-17-19(7-9)8(2)3/h5-8H,4H2,1-3H3,(H,16,18). The van der Waals surface area contributed by atoms with Gasteiger partial charge in [-0.05, 0) is 20.8 Å². The summed E-state index contributed by atoms with van der Waals surface area (Å²) in [6.07, 6.45) is 3.08. The highest BCUT2D eigenvalue weighted by molar-refractivity contribution is 5.40. The minimum atomic E-state index is -0.860. The van der Waals surface area contributed by atoms with E-state index in [1.807, 2.05) is 13.8 Å². The number of anilines is 1. The molecule has 0 aromatic carbocycles. The fraction of sp³-hybridized carbons (Fsp3) is 0.385. The third kappa shape index (κ3) is 3.04. The first-order valence-electron chi connectivity index (χ1n) is 6.33. The first-order valence-corrected chi connectivity index (χ1v) is 6.33. The molecule has 0 atom stereocenters. The summed E-state index contributed by atoms with van der Waals surface area (Å²) >= 11 is 0. The van der Waals surface area contributed by atoms with E-state index in [1.165, 1.54) is 6.20 Å². The van der Waals surface area contributed by atoms with E-state index >= 15 is 0 Å². The van der Waals surface area contributed by atoms with Gasteiger partial charge < -0.3 is 10.1 Å². The van der Waals surface area contributed by atoms with E-state index in [2.05, 4.69) is 15.4 Å². The molecule has 2 heterocycles. The van der Waals surface area contributed by atoms with Crippen molar-refractivity contribution in [2.45, 2.75) is 26.8 Å². The number of rotatable bonds is 5. The van der Waals surface area contributed by atoms with Crippen LogP contribution in [0.25, 0.3) is 0 Å². The lowest BCUT2D eigenvalue weighted by atomic mass is 10.4. The zero-order chi connectivity index (χ0) is 14.7. The number of aromatic nitrogens is 3. The van der Waals surface area contributed by atoms with E-state index in [4.69, 9.17) is 4.74 Å². The van der Waals surface area contributed by atoms with E-state index in [-0.39, 0.29) is 17.7 Å². The average Bonchev–Trinajstić information content (AvgIpc) is 2.84. The molecule has 0 unspecified atom stereocenters. The maximum atomic E-state index is 13.6. The number of ether oxygens (including phenoxy) is 1. The molecule has 5 nitrogen and oxygen atoms in total. The highest BCUT2D eigenvalue weighted by Gasteiger charge is 2.14. The number of nitrogens with zero attached hydrogens (tertiary/aromatic N) is 3. The largest absolute Gasteiger partial charge is 0.433 e. The van der Waals surface area contributed by atoms with Gasteiger partial charge in [-0.3, -0.25) is 4.68 Å². The normalized spacial score (nSPS) is 10.9. The van der Waals surface area contributed by atoms with Gasteiger partial charge in [0.1, 0.15) is 0 Å². The summed E-state index contributed by atoms with van der Waals surface area (Å²) in [6.45, 7) is 6.17. The van der Waals surface area contributed by atoms with Gasteiger partial charge in [0, 0.05) is 18.7 Å². The van der Waals surface area contributed by atoms with Crippen LogP contribution < -0.4 is 10.1 Å². The Hall–Kier alpha value is -2.18. The predicted octanol–water partition coefficient (Wildman–Crippen LogP) is 3.36. The fourth-order valence-electron chi connectivity index (χ4n) is 1.58. The van der Waals surface area contributed by atoms with Crippen LogP contribution in [-0.4, -0.2) is 21.3 Å². The molecule has 0 saturated carbocycles. The first-order chi connectivity index (χ1) is 9.51. The lowest BCUT2D eigenvalue weighted by molar-refractivity contribution is 0.416. The number of nitrogens with one attached hydrogen (secondary N) is 1.